The minimum atomic E-state index is -0.955. The molecule has 0 atom stereocenters. The number of hydrogen-bond acceptors (Lipinski definition) is 2. The maximum absolute atomic E-state index is 10.6. The van der Waals surface area contributed by atoms with Crippen molar-refractivity contribution in [1.82, 2.24) is 9.55 Å². The van der Waals surface area contributed by atoms with Gasteiger partial charge in [0.25, 0.3) is 0 Å². The summed E-state index contributed by atoms with van der Waals surface area (Å²) >= 11 is 5.94. The Bertz CT molecular complexity index is 927. The van der Waals surface area contributed by atoms with Crippen LogP contribution in [0.3, 0.4) is 0 Å². The summed E-state index contributed by atoms with van der Waals surface area (Å²) < 4.78 is 2.07. The van der Waals surface area contributed by atoms with E-state index in [2.05, 4.69) is 9.55 Å². The van der Waals surface area contributed by atoms with Crippen molar-refractivity contribution in [2.45, 2.75) is 13.5 Å². The van der Waals surface area contributed by atoms with Crippen LogP contribution in [0.4, 0.5) is 0 Å². The SMILES string of the molecule is Cc1c(-c2ccc(Cl)cc2)ncn1Cc1cccc(C=CC(=O)O)c1. The normalized spacial score (nSPS) is 11.1. The van der Waals surface area contributed by atoms with Gasteiger partial charge in [-0.1, -0.05) is 41.9 Å². The lowest BCUT2D eigenvalue weighted by molar-refractivity contribution is -0.131. The number of aromatic nitrogens is 2. The molecule has 0 aliphatic heterocycles. The summed E-state index contributed by atoms with van der Waals surface area (Å²) in [6, 6.07) is 15.4. The molecule has 1 heterocycles. The third-order valence-corrected chi connectivity index (χ3v) is 4.19. The number of carbonyl (C=O) groups is 1. The number of benzene rings is 2. The Balaban J connectivity index is 1.83. The highest BCUT2D eigenvalue weighted by Crippen LogP contribution is 2.24. The minimum absolute atomic E-state index is 0.668. The summed E-state index contributed by atoms with van der Waals surface area (Å²) in [7, 11) is 0. The van der Waals surface area contributed by atoms with E-state index in [1.165, 1.54) is 0 Å². The highest BCUT2D eigenvalue weighted by atomic mass is 35.5. The number of nitrogens with zero attached hydrogens (tertiary/aromatic N) is 2. The van der Waals surface area contributed by atoms with Crippen molar-refractivity contribution in [1.29, 1.82) is 0 Å². The van der Waals surface area contributed by atoms with Crippen LogP contribution in [0, 0.1) is 6.92 Å². The first-order valence-corrected chi connectivity index (χ1v) is 8.18. The van der Waals surface area contributed by atoms with Gasteiger partial charge in [-0.2, -0.15) is 0 Å². The predicted octanol–water partition coefficient (Wildman–Crippen LogP) is 4.66. The number of carboxylic acids is 1. The van der Waals surface area contributed by atoms with E-state index < -0.39 is 5.97 Å². The first-order chi connectivity index (χ1) is 12.0. The molecule has 0 unspecified atom stereocenters. The molecular weight excluding hydrogens is 336 g/mol. The highest BCUT2D eigenvalue weighted by Gasteiger charge is 2.09. The topological polar surface area (TPSA) is 55.1 Å². The lowest BCUT2D eigenvalue weighted by Crippen LogP contribution is -2.00. The number of carboxylic acid groups (broad SMARTS) is 1. The zero-order valence-electron chi connectivity index (χ0n) is 13.7. The summed E-state index contributed by atoms with van der Waals surface area (Å²) in [5, 5.41) is 9.44. The molecule has 25 heavy (non-hydrogen) atoms. The summed E-state index contributed by atoms with van der Waals surface area (Å²) in [4.78, 5) is 15.2. The van der Waals surface area contributed by atoms with Crippen LogP contribution >= 0.6 is 11.6 Å². The van der Waals surface area contributed by atoms with Crippen LogP contribution in [0.15, 0.2) is 60.9 Å². The second kappa shape index (κ2) is 7.36. The van der Waals surface area contributed by atoms with E-state index in [1.54, 1.807) is 6.08 Å². The van der Waals surface area contributed by atoms with Crippen LogP contribution < -0.4 is 0 Å². The summed E-state index contributed by atoms with van der Waals surface area (Å²) in [5.74, 6) is -0.955. The van der Waals surface area contributed by atoms with Gasteiger partial charge in [-0.3, -0.25) is 0 Å². The predicted molar refractivity (Wildman–Crippen MR) is 99.6 cm³/mol. The average molecular weight is 353 g/mol. The molecule has 3 aromatic rings. The van der Waals surface area contributed by atoms with Gasteiger partial charge in [0.15, 0.2) is 0 Å². The standard InChI is InChI=1S/C20H17ClN2O2/c1-14-20(17-6-8-18(21)9-7-17)22-13-23(14)12-16-4-2-3-15(11-16)5-10-19(24)25/h2-11,13H,12H2,1H3,(H,24,25). The zero-order valence-corrected chi connectivity index (χ0v) is 14.4. The first kappa shape index (κ1) is 17.0. The van der Waals surface area contributed by atoms with Crippen LogP contribution in [0.25, 0.3) is 17.3 Å². The molecule has 0 aliphatic rings. The van der Waals surface area contributed by atoms with E-state index in [1.807, 2.05) is 61.8 Å². The highest BCUT2D eigenvalue weighted by molar-refractivity contribution is 6.30. The molecule has 4 nitrogen and oxygen atoms in total. The van der Waals surface area contributed by atoms with Gasteiger partial charge in [-0.05, 0) is 42.3 Å². The molecule has 5 heteroatoms. The lowest BCUT2D eigenvalue weighted by atomic mass is 10.1. The Labute approximate surface area is 151 Å². The molecule has 0 fully saturated rings. The molecular formula is C20H17ClN2O2. The Morgan fingerprint density at radius 1 is 1.24 bits per heavy atom. The molecule has 0 aliphatic carbocycles. The molecule has 0 saturated carbocycles. The quantitative estimate of drug-likeness (QED) is 0.679. The fraction of sp³-hybridized carbons (Fsp3) is 0.100. The van der Waals surface area contributed by atoms with Gasteiger partial charge in [0.05, 0.1) is 12.0 Å². The van der Waals surface area contributed by atoms with Gasteiger partial charge in [0.1, 0.15) is 0 Å². The van der Waals surface area contributed by atoms with Crippen molar-refractivity contribution in [2.75, 3.05) is 0 Å². The van der Waals surface area contributed by atoms with Crippen molar-refractivity contribution in [3.05, 3.63) is 82.8 Å². The van der Waals surface area contributed by atoms with E-state index in [0.717, 1.165) is 34.2 Å². The van der Waals surface area contributed by atoms with Crippen LogP contribution in [0.1, 0.15) is 16.8 Å². The minimum Gasteiger partial charge on any atom is -0.478 e. The Morgan fingerprint density at radius 2 is 2.00 bits per heavy atom. The fourth-order valence-corrected chi connectivity index (χ4v) is 2.78. The van der Waals surface area contributed by atoms with Gasteiger partial charge in [0, 0.05) is 28.9 Å². The van der Waals surface area contributed by atoms with Gasteiger partial charge < -0.3 is 9.67 Å². The molecule has 0 amide bonds. The van der Waals surface area contributed by atoms with Crippen molar-refractivity contribution < 1.29 is 9.90 Å². The van der Waals surface area contributed by atoms with Crippen LogP contribution in [-0.2, 0) is 11.3 Å². The summed E-state index contributed by atoms with van der Waals surface area (Å²) in [6.07, 6.45) is 4.55. The van der Waals surface area contributed by atoms with Crippen LogP contribution in [-0.4, -0.2) is 20.6 Å². The average Bonchev–Trinajstić information content (AvgIpc) is 2.95. The van der Waals surface area contributed by atoms with Crippen LogP contribution in [0.5, 0.6) is 0 Å². The molecule has 0 bridgehead atoms. The van der Waals surface area contributed by atoms with Gasteiger partial charge in [-0.25, -0.2) is 9.78 Å². The van der Waals surface area contributed by atoms with Crippen molar-refractivity contribution >= 4 is 23.6 Å². The molecule has 126 valence electrons. The molecule has 0 radical (unpaired) electrons. The Kier molecular flexibility index (Phi) is 5.00. The fourth-order valence-electron chi connectivity index (χ4n) is 2.65. The van der Waals surface area contributed by atoms with E-state index in [9.17, 15) is 4.79 Å². The van der Waals surface area contributed by atoms with E-state index in [-0.39, 0.29) is 0 Å². The van der Waals surface area contributed by atoms with E-state index >= 15 is 0 Å². The maximum Gasteiger partial charge on any atom is 0.328 e. The Morgan fingerprint density at radius 3 is 2.72 bits per heavy atom. The third-order valence-electron chi connectivity index (χ3n) is 3.94. The molecule has 3 rings (SSSR count). The van der Waals surface area contributed by atoms with Crippen LogP contribution in [0.2, 0.25) is 5.02 Å². The molecule has 0 spiro atoms. The number of aliphatic carboxylic acids is 1. The monoisotopic (exact) mass is 352 g/mol. The number of hydrogen-bond donors (Lipinski definition) is 1. The Hall–Kier alpha value is -2.85. The van der Waals surface area contributed by atoms with E-state index in [4.69, 9.17) is 16.7 Å². The molecule has 2 aromatic carbocycles. The van der Waals surface area contributed by atoms with Crippen molar-refractivity contribution in [3.8, 4) is 11.3 Å². The van der Waals surface area contributed by atoms with Gasteiger partial charge in [0.2, 0.25) is 0 Å². The van der Waals surface area contributed by atoms with E-state index in [0.29, 0.717) is 11.6 Å². The number of imidazole rings is 1. The second-order valence-corrected chi connectivity index (χ2v) is 6.17. The summed E-state index contributed by atoms with van der Waals surface area (Å²) in [6.45, 7) is 2.70. The molecule has 1 N–H and O–H groups in total. The number of halogens is 1. The smallest absolute Gasteiger partial charge is 0.328 e. The zero-order chi connectivity index (χ0) is 17.8. The maximum atomic E-state index is 10.6. The number of rotatable bonds is 5. The summed E-state index contributed by atoms with van der Waals surface area (Å²) in [5.41, 5.74) is 4.96. The third kappa shape index (κ3) is 4.17. The largest absolute Gasteiger partial charge is 0.478 e. The first-order valence-electron chi connectivity index (χ1n) is 7.80. The van der Waals surface area contributed by atoms with Crippen molar-refractivity contribution in [3.63, 3.8) is 0 Å². The van der Waals surface area contributed by atoms with Gasteiger partial charge >= 0.3 is 5.97 Å². The lowest BCUT2D eigenvalue weighted by Gasteiger charge is -2.07. The second-order valence-electron chi connectivity index (χ2n) is 5.73. The molecule has 0 saturated heterocycles. The van der Waals surface area contributed by atoms with Crippen molar-refractivity contribution in [2.24, 2.45) is 0 Å². The van der Waals surface area contributed by atoms with Gasteiger partial charge in [-0.15, -0.1) is 0 Å². The molecule has 1 aromatic heterocycles.